The van der Waals surface area contributed by atoms with E-state index >= 15 is 0 Å². The van der Waals surface area contributed by atoms with Crippen molar-refractivity contribution in [3.05, 3.63) is 0 Å². The number of aliphatic carboxylic acids is 3. The van der Waals surface area contributed by atoms with E-state index in [-0.39, 0.29) is 17.9 Å². The molecule has 0 rings (SSSR count). The molecule has 0 aliphatic rings. The van der Waals surface area contributed by atoms with Gasteiger partial charge in [0.05, 0.1) is 17.3 Å². The Labute approximate surface area is 333 Å². The van der Waals surface area contributed by atoms with Gasteiger partial charge in [-0.25, -0.2) is 0 Å². The Kier molecular flexibility index (Phi) is 54.6. The van der Waals surface area contributed by atoms with E-state index in [1.54, 1.807) is 57.8 Å². The fourth-order valence-corrected chi connectivity index (χ4v) is 7.26. The van der Waals surface area contributed by atoms with Gasteiger partial charge in [0.2, 0.25) is 0 Å². The van der Waals surface area contributed by atoms with Crippen molar-refractivity contribution < 1.29 is 26.9 Å². The predicted molar refractivity (Wildman–Crippen MR) is 214 cm³/mol. The van der Waals surface area contributed by atoms with Crippen LogP contribution in [0.2, 0.25) is 4.44 Å². The predicted octanol–water partition coefficient (Wildman–Crippen LogP) is 6.42. The van der Waals surface area contributed by atoms with Crippen molar-refractivity contribution in [1.29, 1.82) is 0 Å². The molecule has 0 bridgehead atoms. The number of unbranched alkanes of at least 4 members (excludes halogenated alkanes) is 7. The second kappa shape index (κ2) is 46.9. The molecule has 13 heteroatoms. The van der Waals surface area contributed by atoms with Crippen LogP contribution in [0.25, 0.3) is 0 Å². The molecule has 0 aliphatic heterocycles. The van der Waals surface area contributed by atoms with Gasteiger partial charge in [-0.2, -0.15) is 35.3 Å². The minimum absolute atomic E-state index is 0.299. The third-order valence-corrected chi connectivity index (χ3v) is 10.8. The molecule has 0 unspecified atom stereocenters. The molecule has 0 spiro atoms. The number of carboxylic acid groups (broad SMARTS) is 3. The average Bonchev–Trinajstić information content (AvgIpc) is 3.03. The van der Waals surface area contributed by atoms with Crippen molar-refractivity contribution >= 4 is 114 Å². The second-order valence-electron chi connectivity index (χ2n) is 12.4. The van der Waals surface area contributed by atoms with Crippen molar-refractivity contribution in [1.82, 2.24) is 0 Å². The van der Waals surface area contributed by atoms with Gasteiger partial charge in [0, 0.05) is 0 Å². The van der Waals surface area contributed by atoms with Crippen molar-refractivity contribution in [2.24, 2.45) is 17.8 Å². The van der Waals surface area contributed by atoms with Crippen LogP contribution < -0.4 is 15.3 Å². The van der Waals surface area contributed by atoms with E-state index in [0.717, 1.165) is 35.0 Å². The molecule has 0 radical (unpaired) electrons. The zero-order valence-corrected chi connectivity index (χ0v) is 38.2. The van der Waals surface area contributed by atoms with Gasteiger partial charge in [0.15, 0.2) is 0 Å². The summed E-state index contributed by atoms with van der Waals surface area (Å²) in [6, 6.07) is 0. The van der Waals surface area contributed by atoms with Crippen molar-refractivity contribution in [2.75, 3.05) is 34.5 Å². The molecule has 47 heavy (non-hydrogen) atoms. The quantitative estimate of drug-likeness (QED) is 0.0422. The molecular formula is C34H66O6S6Sn. The molecule has 0 fully saturated rings. The van der Waals surface area contributed by atoms with Gasteiger partial charge in [-0.15, -0.1) is 0 Å². The van der Waals surface area contributed by atoms with Gasteiger partial charge in [0.25, 0.3) is 17.9 Å². The van der Waals surface area contributed by atoms with E-state index in [1.807, 2.05) is 0 Å². The van der Waals surface area contributed by atoms with E-state index in [4.69, 9.17) is 0 Å². The molecular weight excluding hydrogens is 815 g/mol. The summed E-state index contributed by atoms with van der Waals surface area (Å²) in [7, 11) is 0. The Balaban J connectivity index is -0.000000275. The van der Waals surface area contributed by atoms with Crippen LogP contribution >= 0.6 is 35.3 Å². The first-order valence-corrected chi connectivity index (χ1v) is 23.7. The number of thioether (sulfide) groups is 3. The van der Waals surface area contributed by atoms with Crippen LogP contribution in [-0.2, 0) is 50.3 Å². The van der Waals surface area contributed by atoms with Crippen LogP contribution in [0.4, 0.5) is 0 Å². The summed E-state index contributed by atoms with van der Waals surface area (Å²) >= 11 is 19.0. The van der Waals surface area contributed by atoms with Crippen LogP contribution in [0.1, 0.15) is 138 Å². The van der Waals surface area contributed by atoms with Crippen LogP contribution in [-0.4, -0.2) is 74.9 Å². The molecule has 6 nitrogen and oxygen atoms in total. The molecule has 0 aliphatic carbocycles. The fourth-order valence-electron chi connectivity index (χ4n) is 3.52. The summed E-state index contributed by atoms with van der Waals surface area (Å²) in [5, 5.41) is 31.9. The second-order valence-corrected chi connectivity index (χ2v) is 17.6. The van der Waals surface area contributed by atoms with E-state index in [1.165, 1.54) is 94.3 Å². The normalized spacial score (nSPS) is 12.0. The molecule has 0 saturated heterocycles. The Morgan fingerprint density at radius 2 is 0.787 bits per heavy atom. The number of carboxylic acids is 3. The van der Waals surface area contributed by atoms with Gasteiger partial charge in [-0.05, 0) is 54.3 Å². The van der Waals surface area contributed by atoms with Gasteiger partial charge < -0.3 is 50.3 Å². The van der Waals surface area contributed by atoms with Crippen molar-refractivity contribution in [2.45, 2.75) is 143 Å². The maximum atomic E-state index is 10.6. The molecule has 0 atom stereocenters. The summed E-state index contributed by atoms with van der Waals surface area (Å²) in [6.07, 6.45) is 17.9. The molecule has 0 aromatic rings. The summed E-state index contributed by atoms with van der Waals surface area (Å²) in [4.78, 5) is 0. The van der Waals surface area contributed by atoms with Crippen molar-refractivity contribution in [3.8, 4) is 0 Å². The molecule has 0 amide bonds. The number of hydrogen-bond donors (Lipinski definition) is 0. The monoisotopic (exact) mass is 882 g/mol. The van der Waals surface area contributed by atoms with Crippen molar-refractivity contribution in [3.63, 3.8) is 0 Å². The van der Waals surface area contributed by atoms with Crippen LogP contribution in [0.5, 0.6) is 0 Å². The molecule has 278 valence electrons. The molecule has 0 N–H and O–H groups in total. The zero-order valence-electron chi connectivity index (χ0n) is 30.5. The summed E-state index contributed by atoms with van der Waals surface area (Å²) in [6.45, 7) is 15.7. The number of hydrogen-bond acceptors (Lipinski definition) is 9. The standard InChI is InChI=1S/3C10H20O2S2.C4H9.Sn/c3*1-9(2)6-4-3-5-7-14-8-10(11)12-13;1-3-4-2;/h3*9,11H,3-8H2,1-2H3;1,3-4H2,2H3;/q;;;;+3/p-3. The van der Waals surface area contributed by atoms with Crippen LogP contribution in [0, 0.1) is 17.8 Å². The third kappa shape index (κ3) is 62.5. The van der Waals surface area contributed by atoms with Gasteiger partial charge in [-0.3, -0.25) is 15.3 Å². The number of carbonyl (C=O) groups excluding carboxylic acids is 3. The Morgan fingerprint density at radius 3 is 0.957 bits per heavy atom. The molecule has 0 aromatic carbocycles. The molecule has 0 saturated carbocycles. The van der Waals surface area contributed by atoms with E-state index in [0.29, 0.717) is 17.3 Å². The zero-order chi connectivity index (χ0) is 36.6. The van der Waals surface area contributed by atoms with E-state index in [9.17, 15) is 15.3 Å². The topological polar surface area (TPSA) is 103 Å². The minimum atomic E-state index is -0.299. The molecule has 0 aromatic heterocycles. The maximum absolute atomic E-state index is 10.6. The first kappa shape index (κ1) is 54.7. The first-order valence-electron chi connectivity index (χ1n) is 17.3. The van der Waals surface area contributed by atoms with Gasteiger partial charge in [0.1, 0.15) is 0 Å². The van der Waals surface area contributed by atoms with Crippen LogP contribution in [0.15, 0.2) is 0 Å². The molecule has 0 heterocycles. The Bertz CT molecular complexity index is 610. The summed E-state index contributed by atoms with van der Waals surface area (Å²) < 4.78 is 13.8. The van der Waals surface area contributed by atoms with Crippen LogP contribution in [0.3, 0.4) is 0 Å². The summed E-state index contributed by atoms with van der Waals surface area (Å²) in [5.74, 6) is 5.79. The fraction of sp³-hybridized carbons (Fsp3) is 0.912. The first-order chi connectivity index (χ1) is 22.4. The van der Waals surface area contributed by atoms with Gasteiger partial charge in [-0.1, -0.05) is 99.3 Å². The Morgan fingerprint density at radius 1 is 0.511 bits per heavy atom. The van der Waals surface area contributed by atoms with Gasteiger partial charge >= 0.3 is 46.7 Å². The Hall–Kier alpha value is 0.919. The SMILES string of the molecule is CC(C)CCCCCSCC([O-])=[O+][S-].CC(C)CCCCCSCC([O-])=[O+][S-].CC(C)CCCCCSCC([O-])=[O+][S-].CCC[CH2][Sn+3]. The van der Waals surface area contributed by atoms with E-state index in [2.05, 4.69) is 98.8 Å². The number of rotatable bonds is 26. The average molecular weight is 882 g/mol. The van der Waals surface area contributed by atoms with E-state index < -0.39 is 0 Å². The third-order valence-electron chi connectivity index (χ3n) is 6.18. The summed E-state index contributed by atoms with van der Waals surface area (Å²) in [5.41, 5.74) is 0.